The molecule has 3 rings (SSSR count). The van der Waals surface area contributed by atoms with Gasteiger partial charge >= 0.3 is 0 Å². The third kappa shape index (κ3) is 3.74. The molecule has 0 fully saturated rings. The van der Waals surface area contributed by atoms with Crippen LogP contribution in [0.1, 0.15) is 11.1 Å². The summed E-state index contributed by atoms with van der Waals surface area (Å²) < 4.78 is 12.6. The topological polar surface area (TPSA) is 78.6 Å². The molecule has 0 amide bonds. The molecule has 0 unspecified atom stereocenters. The Morgan fingerprint density at radius 2 is 2.12 bits per heavy atom. The number of nitrogens with zero attached hydrogens (tertiary/aromatic N) is 4. The van der Waals surface area contributed by atoms with Gasteiger partial charge in [0.15, 0.2) is 0 Å². The van der Waals surface area contributed by atoms with Crippen molar-refractivity contribution in [3.8, 4) is 17.4 Å². The van der Waals surface area contributed by atoms with Crippen LogP contribution in [0, 0.1) is 6.92 Å². The average Bonchev–Trinajstić information content (AvgIpc) is 3.10. The number of benzene rings is 1. The van der Waals surface area contributed by atoms with Crippen molar-refractivity contribution in [2.75, 3.05) is 7.11 Å². The maximum absolute atomic E-state index is 10.6. The van der Waals surface area contributed by atoms with Gasteiger partial charge in [-0.2, -0.15) is 9.98 Å². The summed E-state index contributed by atoms with van der Waals surface area (Å²) in [4.78, 5) is 18.4. The molecule has 7 nitrogen and oxygen atoms in total. The van der Waals surface area contributed by atoms with E-state index < -0.39 is 0 Å². The zero-order valence-electron chi connectivity index (χ0n) is 14.1. The van der Waals surface area contributed by atoms with E-state index in [1.807, 2.05) is 19.1 Å². The number of aliphatic imine (C=N–C) groups is 1. The van der Waals surface area contributed by atoms with Gasteiger partial charge in [-0.15, -0.1) is 5.10 Å². The first kappa shape index (κ1) is 17.7. The zero-order valence-corrected chi connectivity index (χ0v) is 14.9. The second kappa shape index (κ2) is 7.82. The summed E-state index contributed by atoms with van der Waals surface area (Å²) in [6.07, 6.45) is 3.29. The standard InChI is InChI=1S/C18H15ClN4O3/c1-12-4-3-5-14(20-11-24)13(12)10-26-17-8-9-23(22-17)15-6-7-16(19)21-18(15)25-2/h3-9H,10H2,1-2H3. The molecule has 2 heterocycles. The Hall–Kier alpha value is -3.15. The number of pyridine rings is 1. The first-order chi connectivity index (χ1) is 12.6. The van der Waals surface area contributed by atoms with Gasteiger partial charge < -0.3 is 9.47 Å². The molecule has 0 aliphatic heterocycles. The monoisotopic (exact) mass is 370 g/mol. The number of carbonyl (C=O) groups excluding carboxylic acids is 1. The van der Waals surface area contributed by atoms with Crippen molar-refractivity contribution in [3.05, 3.63) is 58.9 Å². The van der Waals surface area contributed by atoms with Crippen molar-refractivity contribution < 1.29 is 14.3 Å². The highest BCUT2D eigenvalue weighted by atomic mass is 35.5. The van der Waals surface area contributed by atoms with E-state index in [9.17, 15) is 4.79 Å². The largest absolute Gasteiger partial charge is 0.479 e. The molecule has 0 saturated heterocycles. The Labute approximate surface area is 154 Å². The van der Waals surface area contributed by atoms with Crippen LogP contribution in [0.5, 0.6) is 11.8 Å². The van der Waals surface area contributed by atoms with Gasteiger partial charge in [0.25, 0.3) is 0 Å². The molecule has 1 aromatic carbocycles. The summed E-state index contributed by atoms with van der Waals surface area (Å²) >= 11 is 5.88. The van der Waals surface area contributed by atoms with Crippen molar-refractivity contribution in [2.24, 2.45) is 4.99 Å². The minimum atomic E-state index is 0.222. The first-order valence-corrected chi connectivity index (χ1v) is 8.06. The molecule has 0 N–H and O–H groups in total. The van der Waals surface area contributed by atoms with Crippen LogP contribution in [0.4, 0.5) is 5.69 Å². The molecule has 0 radical (unpaired) electrons. The normalized spacial score (nSPS) is 10.3. The van der Waals surface area contributed by atoms with Crippen LogP contribution < -0.4 is 9.47 Å². The second-order valence-corrected chi connectivity index (χ2v) is 5.71. The van der Waals surface area contributed by atoms with E-state index in [1.165, 1.54) is 7.11 Å². The van der Waals surface area contributed by atoms with Gasteiger partial charge in [-0.05, 0) is 30.7 Å². The van der Waals surface area contributed by atoms with Crippen LogP contribution in [0.25, 0.3) is 5.69 Å². The Morgan fingerprint density at radius 3 is 2.88 bits per heavy atom. The Bertz CT molecular complexity index is 980. The highest BCUT2D eigenvalue weighted by molar-refractivity contribution is 6.29. The number of halogens is 1. The number of hydrogen-bond acceptors (Lipinski definition) is 6. The van der Waals surface area contributed by atoms with Crippen molar-refractivity contribution in [2.45, 2.75) is 13.5 Å². The lowest BCUT2D eigenvalue weighted by atomic mass is 10.1. The fraction of sp³-hybridized carbons (Fsp3) is 0.167. The van der Waals surface area contributed by atoms with Crippen LogP contribution in [0.3, 0.4) is 0 Å². The van der Waals surface area contributed by atoms with Crippen LogP contribution in [-0.4, -0.2) is 28.0 Å². The van der Waals surface area contributed by atoms with Crippen LogP contribution in [0.15, 0.2) is 47.6 Å². The van der Waals surface area contributed by atoms with E-state index >= 15 is 0 Å². The number of rotatable bonds is 6. The van der Waals surface area contributed by atoms with Gasteiger partial charge in [0, 0.05) is 17.8 Å². The fourth-order valence-corrected chi connectivity index (χ4v) is 2.57. The van der Waals surface area contributed by atoms with Gasteiger partial charge in [0.05, 0.1) is 12.8 Å². The van der Waals surface area contributed by atoms with Gasteiger partial charge in [-0.1, -0.05) is 23.7 Å². The molecule has 8 heteroatoms. The van der Waals surface area contributed by atoms with E-state index in [4.69, 9.17) is 21.1 Å². The number of isocyanates is 1. The number of methoxy groups -OCH3 is 1. The van der Waals surface area contributed by atoms with Crippen LogP contribution in [0.2, 0.25) is 5.15 Å². The molecule has 0 atom stereocenters. The van der Waals surface area contributed by atoms with Gasteiger partial charge in [-0.3, -0.25) is 0 Å². The molecular weight excluding hydrogens is 356 g/mol. The molecular formula is C18H15ClN4O3. The lowest BCUT2D eigenvalue weighted by molar-refractivity contribution is 0.291. The smallest absolute Gasteiger partial charge is 0.241 e. The zero-order chi connectivity index (χ0) is 18.5. The van der Waals surface area contributed by atoms with Crippen molar-refractivity contribution in [1.29, 1.82) is 0 Å². The molecule has 0 saturated carbocycles. The highest BCUT2D eigenvalue weighted by Gasteiger charge is 2.11. The number of aryl methyl sites for hydroxylation is 1. The molecule has 0 spiro atoms. The lowest BCUT2D eigenvalue weighted by Crippen LogP contribution is -2.02. The lowest BCUT2D eigenvalue weighted by Gasteiger charge is -2.09. The molecule has 132 valence electrons. The highest BCUT2D eigenvalue weighted by Crippen LogP contribution is 2.25. The Morgan fingerprint density at radius 1 is 1.27 bits per heavy atom. The molecule has 0 aliphatic carbocycles. The number of aromatic nitrogens is 3. The molecule has 26 heavy (non-hydrogen) atoms. The summed E-state index contributed by atoms with van der Waals surface area (Å²) in [6, 6.07) is 10.6. The summed E-state index contributed by atoms with van der Waals surface area (Å²) in [5.41, 5.74) is 2.93. The van der Waals surface area contributed by atoms with Gasteiger partial charge in [0.2, 0.25) is 17.8 Å². The summed E-state index contributed by atoms with van der Waals surface area (Å²) in [7, 11) is 1.51. The van der Waals surface area contributed by atoms with Crippen molar-refractivity contribution in [1.82, 2.24) is 14.8 Å². The van der Waals surface area contributed by atoms with Crippen LogP contribution >= 0.6 is 11.6 Å². The predicted octanol–water partition coefficient (Wildman–Crippen LogP) is 3.78. The third-order valence-corrected chi connectivity index (χ3v) is 3.94. The Balaban J connectivity index is 1.81. The van der Waals surface area contributed by atoms with Gasteiger partial charge in [-0.25, -0.2) is 9.48 Å². The minimum absolute atomic E-state index is 0.222. The quantitative estimate of drug-likeness (QED) is 0.375. The van der Waals surface area contributed by atoms with Crippen molar-refractivity contribution >= 4 is 23.4 Å². The van der Waals surface area contributed by atoms with E-state index in [1.54, 1.807) is 41.2 Å². The van der Waals surface area contributed by atoms with E-state index in [-0.39, 0.29) is 6.61 Å². The minimum Gasteiger partial charge on any atom is -0.479 e. The summed E-state index contributed by atoms with van der Waals surface area (Å²) in [5, 5.41) is 4.69. The molecule has 3 aromatic rings. The number of hydrogen-bond donors (Lipinski definition) is 0. The van der Waals surface area contributed by atoms with Gasteiger partial charge in [0.1, 0.15) is 17.4 Å². The maximum Gasteiger partial charge on any atom is 0.241 e. The van der Waals surface area contributed by atoms with Crippen molar-refractivity contribution in [3.63, 3.8) is 0 Å². The summed E-state index contributed by atoms with van der Waals surface area (Å²) in [6.45, 7) is 2.14. The van der Waals surface area contributed by atoms with E-state index in [2.05, 4.69) is 15.1 Å². The maximum atomic E-state index is 10.6. The molecule has 0 bridgehead atoms. The molecule has 0 aliphatic rings. The van der Waals surface area contributed by atoms with Crippen LogP contribution in [-0.2, 0) is 11.4 Å². The first-order valence-electron chi connectivity index (χ1n) is 7.68. The second-order valence-electron chi connectivity index (χ2n) is 5.33. The van der Waals surface area contributed by atoms with E-state index in [0.29, 0.717) is 28.3 Å². The number of ether oxygens (including phenoxy) is 2. The molecule has 2 aromatic heterocycles. The van der Waals surface area contributed by atoms with E-state index in [0.717, 1.165) is 11.1 Å². The predicted molar refractivity (Wildman–Crippen MR) is 96.2 cm³/mol. The summed E-state index contributed by atoms with van der Waals surface area (Å²) in [5.74, 6) is 0.764. The average molecular weight is 371 g/mol. The fourth-order valence-electron chi connectivity index (χ4n) is 2.43. The Kier molecular flexibility index (Phi) is 5.31. The SMILES string of the molecule is COc1nc(Cl)ccc1-n1ccc(OCc2c(C)cccc2N=C=O)n1. The third-order valence-electron chi connectivity index (χ3n) is 3.73.